The fraction of sp³-hybridized carbons (Fsp3) is 0.500. The second-order valence-electron chi connectivity index (χ2n) is 1.91. The van der Waals surface area contributed by atoms with Crippen molar-refractivity contribution in [1.29, 1.82) is 0 Å². The largest absolute Gasteiger partial charge is 0.378 e. The molecule has 1 radical (unpaired) electrons. The first-order valence-electron chi connectivity index (χ1n) is 2.18. The molecule has 43 valence electrons. The molecule has 0 aromatic heterocycles. The Hall–Kier alpha value is -0.810. The minimum atomic E-state index is -1.07. The summed E-state index contributed by atoms with van der Waals surface area (Å²) in [5, 5.41) is 8.80. The Labute approximate surface area is 48.5 Å². The van der Waals surface area contributed by atoms with Gasteiger partial charge in [0.2, 0.25) is 0 Å². The Morgan fingerprint density at radius 2 is 2.00 bits per heavy atom. The Morgan fingerprint density at radius 3 is 2.12 bits per heavy atom. The summed E-state index contributed by atoms with van der Waals surface area (Å²) in [6.45, 7) is 2.99. The van der Waals surface area contributed by atoms with E-state index in [1.54, 1.807) is 0 Å². The molecule has 0 unspecified atom stereocenters. The number of carbonyl (C=O) groups excluding carboxylic acids is 1. The van der Waals surface area contributed by atoms with E-state index in [-0.39, 0.29) is 0 Å². The second kappa shape index (κ2) is 2.49. The van der Waals surface area contributed by atoms with Crippen molar-refractivity contribution in [3.05, 3.63) is 0 Å². The van der Waals surface area contributed by atoms with Crippen molar-refractivity contribution in [2.45, 2.75) is 19.4 Å². The fourth-order valence-electron chi connectivity index (χ4n) is 0.178. The van der Waals surface area contributed by atoms with Crippen molar-refractivity contribution in [3.63, 3.8) is 0 Å². The molecule has 0 bridgehead atoms. The quantitative estimate of drug-likeness (QED) is 0.442. The number of rotatable bonds is 0. The lowest BCUT2D eigenvalue weighted by Gasteiger charge is -2.04. The maximum atomic E-state index is 9.44. The topological polar surface area (TPSA) is 37.3 Å². The number of aliphatic hydroxyl groups is 1. The van der Waals surface area contributed by atoms with Crippen LogP contribution in [0.5, 0.6) is 0 Å². The van der Waals surface area contributed by atoms with E-state index in [1.165, 1.54) is 20.1 Å². The molecule has 0 saturated carbocycles. The summed E-state index contributed by atoms with van der Waals surface area (Å²) in [6.07, 6.45) is 1.35. The van der Waals surface area contributed by atoms with Crippen LogP contribution in [0.4, 0.5) is 0 Å². The zero-order chi connectivity index (χ0) is 6.62. The van der Waals surface area contributed by atoms with E-state index in [0.29, 0.717) is 0 Å². The fourth-order valence-corrected chi connectivity index (χ4v) is 0.178. The molecule has 2 heteroatoms. The highest BCUT2D eigenvalue weighted by atomic mass is 16.3. The predicted molar refractivity (Wildman–Crippen MR) is 29.8 cm³/mol. The van der Waals surface area contributed by atoms with Gasteiger partial charge in [0, 0.05) is 0 Å². The molecule has 1 N–H and O–H groups in total. The second-order valence-corrected chi connectivity index (χ2v) is 1.91. The molecule has 0 rings (SSSR count). The van der Waals surface area contributed by atoms with Gasteiger partial charge < -0.3 is 5.11 Å². The molecule has 0 aliphatic carbocycles. The smallest absolute Gasteiger partial charge is 0.284 e. The van der Waals surface area contributed by atoms with Gasteiger partial charge in [-0.1, -0.05) is 5.92 Å². The highest BCUT2D eigenvalue weighted by Gasteiger charge is 2.04. The summed E-state index contributed by atoms with van der Waals surface area (Å²) in [5.41, 5.74) is -1.07. The summed E-state index contributed by atoms with van der Waals surface area (Å²) in [5.74, 6) is 4.24. The highest BCUT2D eigenvalue weighted by molar-refractivity contribution is 5.73. The van der Waals surface area contributed by atoms with E-state index in [1.807, 2.05) is 5.92 Å². The Morgan fingerprint density at radius 1 is 1.50 bits per heavy atom. The first-order chi connectivity index (χ1) is 3.56. The lowest BCUT2D eigenvalue weighted by Crippen LogP contribution is -2.14. The molecular weight excluding hydrogens is 104 g/mol. The summed E-state index contributed by atoms with van der Waals surface area (Å²) < 4.78 is 0. The van der Waals surface area contributed by atoms with E-state index in [2.05, 4.69) is 5.92 Å². The van der Waals surface area contributed by atoms with Gasteiger partial charge in [0.15, 0.2) is 0 Å². The predicted octanol–water partition coefficient (Wildman–Crippen LogP) is -0.130. The van der Waals surface area contributed by atoms with Crippen molar-refractivity contribution in [3.8, 4) is 11.8 Å². The summed E-state index contributed by atoms with van der Waals surface area (Å²) in [6, 6.07) is 0. The summed E-state index contributed by atoms with van der Waals surface area (Å²) in [7, 11) is 0. The minimum Gasteiger partial charge on any atom is -0.378 e. The van der Waals surface area contributed by atoms with Crippen molar-refractivity contribution < 1.29 is 9.90 Å². The van der Waals surface area contributed by atoms with Gasteiger partial charge in [-0.05, 0) is 19.8 Å². The molecule has 0 atom stereocenters. The molecule has 0 aliphatic rings. The van der Waals surface area contributed by atoms with Crippen LogP contribution in [0.3, 0.4) is 0 Å². The molecule has 0 aromatic carbocycles. The van der Waals surface area contributed by atoms with Crippen LogP contribution < -0.4 is 0 Å². The maximum absolute atomic E-state index is 9.44. The summed E-state index contributed by atoms with van der Waals surface area (Å²) >= 11 is 0. The van der Waals surface area contributed by atoms with Crippen LogP contribution in [-0.4, -0.2) is 17.0 Å². The van der Waals surface area contributed by atoms with Gasteiger partial charge >= 0.3 is 0 Å². The van der Waals surface area contributed by atoms with Gasteiger partial charge in [0.05, 0.1) is 0 Å². The SMILES string of the molecule is CC(C)(O)C#C[C]=O. The third kappa shape index (κ3) is 5.19. The molecule has 0 aromatic rings. The summed E-state index contributed by atoms with van der Waals surface area (Å²) in [4.78, 5) is 9.44. The lowest BCUT2D eigenvalue weighted by atomic mass is 10.1. The van der Waals surface area contributed by atoms with Gasteiger partial charge in [-0.25, -0.2) is 0 Å². The average molecular weight is 111 g/mol. The van der Waals surface area contributed by atoms with Crippen LogP contribution in [0.2, 0.25) is 0 Å². The molecule has 0 fully saturated rings. The Kier molecular flexibility index (Phi) is 2.23. The van der Waals surface area contributed by atoms with Crippen LogP contribution >= 0.6 is 0 Å². The zero-order valence-electron chi connectivity index (χ0n) is 4.86. The molecule has 0 spiro atoms. The van der Waals surface area contributed by atoms with Crippen LogP contribution in [0.15, 0.2) is 0 Å². The molecular formula is C6H7O2. The van der Waals surface area contributed by atoms with E-state index in [0.717, 1.165) is 0 Å². The van der Waals surface area contributed by atoms with E-state index in [4.69, 9.17) is 5.11 Å². The first-order valence-corrected chi connectivity index (χ1v) is 2.18. The third-order valence-electron chi connectivity index (χ3n) is 0.419. The lowest BCUT2D eigenvalue weighted by molar-refractivity contribution is 0.143. The van der Waals surface area contributed by atoms with Gasteiger partial charge in [-0.3, -0.25) is 4.79 Å². The minimum absolute atomic E-state index is 1.07. The van der Waals surface area contributed by atoms with Crippen LogP contribution in [0.1, 0.15) is 13.8 Å². The zero-order valence-corrected chi connectivity index (χ0v) is 4.86. The molecule has 0 heterocycles. The standard InChI is InChI=1S/C6H7O2/c1-6(2,8)4-3-5-7/h8H,1-2H3. The van der Waals surface area contributed by atoms with Gasteiger partial charge in [0.1, 0.15) is 5.60 Å². The van der Waals surface area contributed by atoms with Gasteiger partial charge in [-0.15, -0.1) is 0 Å². The van der Waals surface area contributed by atoms with Crippen molar-refractivity contribution >= 4 is 6.29 Å². The molecule has 0 amide bonds. The molecule has 2 nitrogen and oxygen atoms in total. The van der Waals surface area contributed by atoms with Crippen molar-refractivity contribution in [1.82, 2.24) is 0 Å². The van der Waals surface area contributed by atoms with E-state index < -0.39 is 5.60 Å². The molecule has 0 aliphatic heterocycles. The normalized spacial score (nSPS) is 9.38. The van der Waals surface area contributed by atoms with Crippen LogP contribution in [0, 0.1) is 11.8 Å². The Bertz CT molecular complexity index is 131. The highest BCUT2D eigenvalue weighted by Crippen LogP contribution is 1.94. The number of hydrogen-bond acceptors (Lipinski definition) is 2. The Balaban J connectivity index is 3.87. The van der Waals surface area contributed by atoms with Crippen LogP contribution in [-0.2, 0) is 4.79 Å². The van der Waals surface area contributed by atoms with E-state index >= 15 is 0 Å². The molecule has 8 heavy (non-hydrogen) atoms. The van der Waals surface area contributed by atoms with E-state index in [9.17, 15) is 4.79 Å². The number of hydrogen-bond donors (Lipinski definition) is 1. The molecule has 0 saturated heterocycles. The van der Waals surface area contributed by atoms with Crippen molar-refractivity contribution in [2.75, 3.05) is 0 Å². The van der Waals surface area contributed by atoms with Gasteiger partial charge in [0.25, 0.3) is 6.29 Å². The third-order valence-corrected chi connectivity index (χ3v) is 0.419. The maximum Gasteiger partial charge on any atom is 0.284 e. The monoisotopic (exact) mass is 111 g/mol. The van der Waals surface area contributed by atoms with Crippen LogP contribution in [0.25, 0.3) is 0 Å². The first kappa shape index (κ1) is 7.19. The average Bonchev–Trinajstić information content (AvgIpc) is 1.59. The van der Waals surface area contributed by atoms with Gasteiger partial charge in [-0.2, -0.15) is 0 Å². The van der Waals surface area contributed by atoms with Crippen molar-refractivity contribution in [2.24, 2.45) is 0 Å².